The molecule has 1 rings (SSSR count). The topological polar surface area (TPSA) is 69.6 Å². The molecule has 0 aromatic heterocycles. The van der Waals surface area contributed by atoms with E-state index in [0.29, 0.717) is 0 Å². The molecule has 1 aromatic rings. The lowest BCUT2D eigenvalue weighted by atomic mass is 10.1. The summed E-state index contributed by atoms with van der Waals surface area (Å²) in [4.78, 5) is 11.8. The molecule has 0 aliphatic heterocycles. The number of nitrogens with one attached hydrogen (secondary N) is 1. The Bertz CT molecular complexity index is 375. The number of alkyl halides is 1. The van der Waals surface area contributed by atoms with Gasteiger partial charge < -0.3 is 15.5 Å². The lowest BCUT2D eigenvalue weighted by molar-refractivity contribution is 0.0934. The Labute approximate surface area is 109 Å². The second kappa shape index (κ2) is 6.49. The van der Waals surface area contributed by atoms with Gasteiger partial charge in [-0.15, -0.1) is 0 Å². The molecule has 0 fully saturated rings. The zero-order chi connectivity index (χ0) is 12.8. The number of hydrogen-bond acceptors (Lipinski definition) is 3. The molecule has 4 nitrogen and oxygen atoms in total. The van der Waals surface area contributed by atoms with Gasteiger partial charge in [0, 0.05) is 23.0 Å². The van der Waals surface area contributed by atoms with Gasteiger partial charge in [-0.05, 0) is 25.0 Å². The average Bonchev–Trinajstić information content (AvgIpc) is 2.27. The second-order valence-corrected chi connectivity index (χ2v) is 4.59. The molecule has 17 heavy (non-hydrogen) atoms. The Morgan fingerprint density at radius 1 is 1.35 bits per heavy atom. The summed E-state index contributed by atoms with van der Waals surface area (Å²) >= 11 is 3.33. The van der Waals surface area contributed by atoms with Crippen LogP contribution < -0.4 is 5.32 Å². The largest absolute Gasteiger partial charge is 0.508 e. The summed E-state index contributed by atoms with van der Waals surface area (Å²) in [6.07, 6.45) is 1.68. The van der Waals surface area contributed by atoms with Crippen molar-refractivity contribution in [3.05, 3.63) is 23.8 Å². The van der Waals surface area contributed by atoms with Crippen molar-refractivity contribution in [2.24, 2.45) is 0 Å². The number of amides is 1. The van der Waals surface area contributed by atoms with Gasteiger partial charge in [0.05, 0.1) is 0 Å². The van der Waals surface area contributed by atoms with E-state index in [1.54, 1.807) is 0 Å². The molecule has 0 aliphatic carbocycles. The smallest absolute Gasteiger partial charge is 0.251 e. The number of aromatic hydroxyl groups is 2. The fraction of sp³-hybridized carbons (Fsp3) is 0.417. The van der Waals surface area contributed by atoms with Crippen molar-refractivity contribution in [3.8, 4) is 11.5 Å². The third kappa shape index (κ3) is 4.26. The molecule has 0 saturated carbocycles. The molecule has 1 aromatic carbocycles. The van der Waals surface area contributed by atoms with E-state index in [1.165, 1.54) is 18.2 Å². The number of phenolic OH excluding ortho intramolecular Hbond substituents is 2. The maximum atomic E-state index is 11.8. The van der Waals surface area contributed by atoms with Crippen molar-refractivity contribution in [1.82, 2.24) is 5.32 Å². The molecule has 0 saturated heterocycles. The number of carbonyl (C=O) groups excluding carboxylic acids is 1. The number of hydrogen-bond donors (Lipinski definition) is 3. The van der Waals surface area contributed by atoms with E-state index in [2.05, 4.69) is 21.2 Å². The molecular weight excluding hydrogens is 286 g/mol. The molecule has 0 spiro atoms. The summed E-state index contributed by atoms with van der Waals surface area (Å²) in [6, 6.07) is 3.93. The molecule has 94 valence electrons. The van der Waals surface area contributed by atoms with E-state index in [1.807, 2.05) is 6.92 Å². The SMILES string of the molecule is CCC(CCBr)NC(=O)c1cc(O)cc(O)c1. The van der Waals surface area contributed by atoms with Crippen molar-refractivity contribution in [1.29, 1.82) is 0 Å². The molecule has 3 N–H and O–H groups in total. The molecule has 1 atom stereocenters. The number of rotatable bonds is 5. The Morgan fingerprint density at radius 3 is 2.41 bits per heavy atom. The summed E-state index contributed by atoms with van der Waals surface area (Å²) < 4.78 is 0. The van der Waals surface area contributed by atoms with Gasteiger partial charge in [-0.3, -0.25) is 4.79 Å². The monoisotopic (exact) mass is 301 g/mol. The molecule has 0 bridgehead atoms. The van der Waals surface area contributed by atoms with Crippen LogP contribution in [-0.4, -0.2) is 27.5 Å². The molecule has 0 aliphatic rings. The lowest BCUT2D eigenvalue weighted by Crippen LogP contribution is -2.34. The number of halogens is 1. The van der Waals surface area contributed by atoms with Crippen LogP contribution in [0, 0.1) is 0 Å². The normalized spacial score (nSPS) is 12.1. The van der Waals surface area contributed by atoms with Gasteiger partial charge in [0.15, 0.2) is 0 Å². The lowest BCUT2D eigenvalue weighted by Gasteiger charge is -2.15. The van der Waals surface area contributed by atoms with Gasteiger partial charge in [0.1, 0.15) is 11.5 Å². The maximum Gasteiger partial charge on any atom is 0.251 e. The first kappa shape index (κ1) is 13.8. The Morgan fingerprint density at radius 2 is 1.94 bits per heavy atom. The standard InChI is InChI=1S/C12H16BrNO3/c1-2-9(3-4-13)14-12(17)8-5-10(15)7-11(16)6-8/h5-7,9,15-16H,2-4H2,1H3,(H,14,17). The highest BCUT2D eigenvalue weighted by molar-refractivity contribution is 9.09. The molecule has 0 heterocycles. The Hall–Kier alpha value is -1.23. The number of carbonyl (C=O) groups is 1. The first-order valence-electron chi connectivity index (χ1n) is 5.46. The minimum absolute atomic E-state index is 0.0892. The van der Waals surface area contributed by atoms with Crippen molar-refractivity contribution >= 4 is 21.8 Å². The summed E-state index contributed by atoms with van der Waals surface area (Å²) in [5, 5.41) is 22.2. The predicted molar refractivity (Wildman–Crippen MR) is 69.7 cm³/mol. The van der Waals surface area contributed by atoms with E-state index in [-0.39, 0.29) is 29.0 Å². The highest BCUT2D eigenvalue weighted by Crippen LogP contribution is 2.20. The van der Waals surface area contributed by atoms with Crippen molar-refractivity contribution in [2.75, 3.05) is 5.33 Å². The minimum Gasteiger partial charge on any atom is -0.508 e. The van der Waals surface area contributed by atoms with Crippen LogP contribution >= 0.6 is 15.9 Å². The first-order valence-corrected chi connectivity index (χ1v) is 6.58. The molecule has 5 heteroatoms. The number of benzene rings is 1. The van der Waals surface area contributed by atoms with Crippen LogP contribution in [0.1, 0.15) is 30.1 Å². The second-order valence-electron chi connectivity index (χ2n) is 3.79. The molecule has 1 unspecified atom stereocenters. The van der Waals surface area contributed by atoms with E-state index in [0.717, 1.165) is 18.2 Å². The van der Waals surface area contributed by atoms with E-state index < -0.39 is 0 Å². The fourth-order valence-corrected chi connectivity index (χ4v) is 2.06. The zero-order valence-corrected chi connectivity index (χ0v) is 11.2. The summed E-state index contributed by atoms with van der Waals surface area (Å²) in [5.41, 5.74) is 0.260. The molecule has 0 radical (unpaired) electrons. The van der Waals surface area contributed by atoms with Gasteiger partial charge in [-0.25, -0.2) is 0 Å². The third-order valence-electron chi connectivity index (χ3n) is 2.45. The predicted octanol–water partition coefficient (Wildman–Crippen LogP) is 2.39. The van der Waals surface area contributed by atoms with Crippen LogP contribution in [0.25, 0.3) is 0 Å². The van der Waals surface area contributed by atoms with Gasteiger partial charge >= 0.3 is 0 Å². The minimum atomic E-state index is -0.288. The van der Waals surface area contributed by atoms with Crippen molar-refractivity contribution in [2.45, 2.75) is 25.8 Å². The van der Waals surface area contributed by atoms with E-state index >= 15 is 0 Å². The van der Waals surface area contributed by atoms with Gasteiger partial charge in [-0.2, -0.15) is 0 Å². The van der Waals surface area contributed by atoms with Crippen molar-refractivity contribution in [3.63, 3.8) is 0 Å². The van der Waals surface area contributed by atoms with Crippen LogP contribution in [0.3, 0.4) is 0 Å². The highest BCUT2D eigenvalue weighted by atomic mass is 79.9. The van der Waals surface area contributed by atoms with Crippen molar-refractivity contribution < 1.29 is 15.0 Å². The fourth-order valence-electron chi connectivity index (χ4n) is 1.51. The first-order chi connectivity index (χ1) is 8.06. The van der Waals surface area contributed by atoms with Crippen LogP contribution in [0.5, 0.6) is 11.5 Å². The average molecular weight is 302 g/mol. The maximum absolute atomic E-state index is 11.8. The highest BCUT2D eigenvalue weighted by Gasteiger charge is 2.13. The van der Waals surface area contributed by atoms with Gasteiger partial charge in [0.25, 0.3) is 5.91 Å². The molecular formula is C12H16BrNO3. The van der Waals surface area contributed by atoms with E-state index in [4.69, 9.17) is 0 Å². The van der Waals surface area contributed by atoms with Crippen LogP contribution in [0.2, 0.25) is 0 Å². The van der Waals surface area contributed by atoms with Gasteiger partial charge in [0.2, 0.25) is 0 Å². The van der Waals surface area contributed by atoms with Crippen LogP contribution in [-0.2, 0) is 0 Å². The van der Waals surface area contributed by atoms with Crippen LogP contribution in [0.4, 0.5) is 0 Å². The summed E-state index contributed by atoms with van der Waals surface area (Å²) in [6.45, 7) is 1.99. The van der Waals surface area contributed by atoms with E-state index in [9.17, 15) is 15.0 Å². The van der Waals surface area contributed by atoms with Gasteiger partial charge in [-0.1, -0.05) is 22.9 Å². The Balaban J connectivity index is 2.75. The quantitative estimate of drug-likeness (QED) is 0.731. The zero-order valence-electron chi connectivity index (χ0n) is 9.61. The molecule has 1 amide bonds. The Kier molecular flexibility index (Phi) is 5.28. The summed E-state index contributed by atoms with van der Waals surface area (Å²) in [5.74, 6) is -0.531. The third-order valence-corrected chi connectivity index (χ3v) is 2.91. The number of phenols is 2. The van der Waals surface area contributed by atoms with Crippen LogP contribution in [0.15, 0.2) is 18.2 Å². The summed E-state index contributed by atoms with van der Waals surface area (Å²) in [7, 11) is 0.